The lowest BCUT2D eigenvalue weighted by Crippen LogP contribution is -2.41. The molecule has 3 aromatic heterocycles. The predicted molar refractivity (Wildman–Crippen MR) is 116 cm³/mol. The van der Waals surface area contributed by atoms with Crippen LogP contribution in [0.25, 0.3) is 17.0 Å². The highest BCUT2D eigenvalue weighted by molar-refractivity contribution is 6.04. The molecule has 0 spiro atoms. The van der Waals surface area contributed by atoms with Crippen LogP contribution < -0.4 is 5.32 Å². The average Bonchev–Trinajstić information content (AvgIpc) is 3.48. The van der Waals surface area contributed by atoms with Gasteiger partial charge in [-0.05, 0) is 30.7 Å². The van der Waals surface area contributed by atoms with Crippen LogP contribution in [-0.2, 0) is 4.74 Å². The molecule has 1 atom stereocenters. The maximum atomic E-state index is 12.9. The fraction of sp³-hybridized carbons (Fsp3) is 0.227. The molecule has 168 valence electrons. The van der Waals surface area contributed by atoms with E-state index in [1.54, 1.807) is 16.7 Å². The molecule has 1 aromatic carbocycles. The monoisotopic (exact) mass is 448 g/mol. The normalized spacial score (nSPS) is 16.2. The van der Waals surface area contributed by atoms with Crippen molar-refractivity contribution in [3.05, 3.63) is 65.9 Å². The van der Waals surface area contributed by atoms with E-state index in [1.807, 2.05) is 37.3 Å². The van der Waals surface area contributed by atoms with Crippen molar-refractivity contribution in [1.29, 1.82) is 0 Å². The van der Waals surface area contributed by atoms with Gasteiger partial charge < -0.3 is 24.6 Å². The van der Waals surface area contributed by atoms with E-state index in [1.165, 1.54) is 11.1 Å². The van der Waals surface area contributed by atoms with Crippen molar-refractivity contribution in [2.45, 2.75) is 13.0 Å². The lowest BCUT2D eigenvalue weighted by atomic mass is 10.1. The number of hydrogen-bond acceptors (Lipinski definition) is 7. The lowest BCUT2D eigenvalue weighted by molar-refractivity contribution is -0.0377. The van der Waals surface area contributed by atoms with Crippen molar-refractivity contribution in [2.75, 3.05) is 25.0 Å². The Labute approximate surface area is 187 Å². The molecule has 0 saturated carbocycles. The Morgan fingerprint density at radius 1 is 1.24 bits per heavy atom. The number of carbonyl (C=O) groups is 2. The molecular weight excluding hydrogens is 428 g/mol. The van der Waals surface area contributed by atoms with Crippen LogP contribution in [0.15, 0.2) is 53.3 Å². The van der Waals surface area contributed by atoms with Gasteiger partial charge in [0.1, 0.15) is 11.3 Å². The van der Waals surface area contributed by atoms with Gasteiger partial charge in [-0.15, -0.1) is 0 Å². The largest absolute Gasteiger partial charge is 0.465 e. The Morgan fingerprint density at radius 3 is 2.97 bits per heavy atom. The zero-order chi connectivity index (χ0) is 22.9. The minimum absolute atomic E-state index is 0.117. The van der Waals surface area contributed by atoms with E-state index in [4.69, 9.17) is 9.26 Å². The van der Waals surface area contributed by atoms with Crippen molar-refractivity contribution < 1.29 is 24.0 Å². The highest BCUT2D eigenvalue weighted by atomic mass is 16.5. The summed E-state index contributed by atoms with van der Waals surface area (Å²) in [6.45, 7) is 2.54. The minimum Gasteiger partial charge on any atom is -0.465 e. The number of imidazole rings is 1. The highest BCUT2D eigenvalue weighted by Crippen LogP contribution is 2.27. The summed E-state index contributed by atoms with van der Waals surface area (Å²) < 4.78 is 12.7. The van der Waals surface area contributed by atoms with Crippen molar-refractivity contribution >= 4 is 23.3 Å². The predicted octanol–water partition coefficient (Wildman–Crippen LogP) is 3.00. The molecule has 0 bridgehead atoms. The third-order valence-corrected chi connectivity index (χ3v) is 5.45. The first-order valence-corrected chi connectivity index (χ1v) is 10.3. The molecule has 33 heavy (non-hydrogen) atoms. The van der Waals surface area contributed by atoms with E-state index in [2.05, 4.69) is 20.4 Å². The van der Waals surface area contributed by atoms with E-state index in [0.29, 0.717) is 35.0 Å². The second-order valence-electron chi connectivity index (χ2n) is 7.60. The molecule has 4 aromatic rings. The van der Waals surface area contributed by atoms with Crippen LogP contribution in [0.2, 0.25) is 0 Å². The summed E-state index contributed by atoms with van der Waals surface area (Å²) in [5.74, 6) is 0.214. The number of amides is 2. The van der Waals surface area contributed by atoms with E-state index < -0.39 is 12.2 Å². The molecule has 1 fully saturated rings. The molecule has 11 heteroatoms. The number of nitrogens with one attached hydrogen (secondary N) is 1. The van der Waals surface area contributed by atoms with Gasteiger partial charge in [-0.1, -0.05) is 23.4 Å². The summed E-state index contributed by atoms with van der Waals surface area (Å²) >= 11 is 0. The topological polar surface area (TPSA) is 135 Å². The number of hydrogen-bond donors (Lipinski definition) is 2. The van der Waals surface area contributed by atoms with E-state index in [-0.39, 0.29) is 24.9 Å². The number of pyridine rings is 1. The Kier molecular flexibility index (Phi) is 5.23. The first kappa shape index (κ1) is 20.6. The van der Waals surface area contributed by atoms with Gasteiger partial charge in [0, 0.05) is 24.0 Å². The summed E-state index contributed by atoms with van der Waals surface area (Å²) in [7, 11) is 0. The molecular formula is C22H20N6O5. The van der Waals surface area contributed by atoms with Crippen molar-refractivity contribution in [3.8, 4) is 11.4 Å². The third-order valence-electron chi connectivity index (χ3n) is 5.45. The van der Waals surface area contributed by atoms with Gasteiger partial charge >= 0.3 is 6.09 Å². The number of morpholine rings is 1. The molecule has 0 aliphatic carbocycles. The number of rotatable bonds is 4. The molecule has 4 heterocycles. The minimum atomic E-state index is -1.02. The maximum absolute atomic E-state index is 12.9. The molecule has 1 aliphatic rings. The Balaban J connectivity index is 1.37. The third kappa shape index (κ3) is 4.01. The van der Waals surface area contributed by atoms with Gasteiger partial charge in [0.2, 0.25) is 5.82 Å². The maximum Gasteiger partial charge on any atom is 0.407 e. The number of nitrogens with zero attached hydrogens (tertiary/aromatic N) is 5. The fourth-order valence-corrected chi connectivity index (χ4v) is 3.64. The molecule has 5 rings (SSSR count). The summed E-state index contributed by atoms with van der Waals surface area (Å²) in [6, 6.07) is 10.9. The van der Waals surface area contributed by atoms with Gasteiger partial charge in [0.15, 0.2) is 6.10 Å². The van der Waals surface area contributed by atoms with E-state index >= 15 is 0 Å². The first-order chi connectivity index (χ1) is 16.0. The number of anilines is 1. The smallest absolute Gasteiger partial charge is 0.407 e. The number of aryl methyl sites for hydroxylation is 1. The van der Waals surface area contributed by atoms with Gasteiger partial charge in [-0.25, -0.2) is 9.78 Å². The number of aromatic nitrogens is 4. The summed E-state index contributed by atoms with van der Waals surface area (Å²) in [4.78, 5) is 34.0. The van der Waals surface area contributed by atoms with Gasteiger partial charge in [-0.2, -0.15) is 4.98 Å². The number of benzene rings is 1. The fourth-order valence-electron chi connectivity index (χ4n) is 3.64. The zero-order valence-corrected chi connectivity index (χ0v) is 17.6. The van der Waals surface area contributed by atoms with Crippen LogP contribution in [0.1, 0.15) is 28.0 Å². The van der Waals surface area contributed by atoms with Gasteiger partial charge in [0.05, 0.1) is 19.3 Å². The zero-order valence-electron chi connectivity index (χ0n) is 17.6. The quantitative estimate of drug-likeness (QED) is 0.486. The van der Waals surface area contributed by atoms with Crippen LogP contribution >= 0.6 is 0 Å². The van der Waals surface area contributed by atoms with Crippen molar-refractivity contribution in [1.82, 2.24) is 24.4 Å². The average molecular weight is 448 g/mol. The second-order valence-corrected chi connectivity index (χ2v) is 7.60. The molecule has 1 unspecified atom stereocenters. The number of carboxylic acid groups (broad SMARTS) is 1. The molecule has 2 N–H and O–H groups in total. The lowest BCUT2D eigenvalue weighted by Gasteiger charge is -2.28. The van der Waals surface area contributed by atoms with E-state index in [9.17, 15) is 14.7 Å². The van der Waals surface area contributed by atoms with Crippen LogP contribution in [0, 0.1) is 6.92 Å². The molecule has 11 nitrogen and oxygen atoms in total. The molecule has 0 radical (unpaired) electrons. The SMILES string of the molecule is Cc1ccc(-c2noc(C3CN(C(=O)O)CCO3)n2)cc1NC(=O)c1cnc2ccccn12. The van der Waals surface area contributed by atoms with Crippen LogP contribution in [-0.4, -0.2) is 61.2 Å². The number of fused-ring (bicyclic) bond motifs is 1. The van der Waals surface area contributed by atoms with Crippen LogP contribution in [0.5, 0.6) is 0 Å². The summed E-state index contributed by atoms with van der Waals surface area (Å²) in [6.07, 6.45) is 1.66. The van der Waals surface area contributed by atoms with Crippen molar-refractivity contribution in [3.63, 3.8) is 0 Å². The molecule has 1 aliphatic heterocycles. The molecule has 2 amide bonds. The summed E-state index contributed by atoms with van der Waals surface area (Å²) in [5, 5.41) is 16.1. The summed E-state index contributed by atoms with van der Waals surface area (Å²) in [5.41, 5.74) is 3.18. The Bertz CT molecular complexity index is 1350. The number of ether oxygens (including phenoxy) is 1. The van der Waals surface area contributed by atoms with E-state index in [0.717, 1.165) is 5.56 Å². The van der Waals surface area contributed by atoms with Crippen LogP contribution in [0.3, 0.4) is 0 Å². The standard InChI is InChI=1S/C22H20N6O5/c1-13-5-6-14(19-25-21(33-26-19)17-12-27(22(30)31)8-9-32-17)10-15(13)24-20(29)16-11-23-18-4-2-3-7-28(16)18/h2-7,10-11,17H,8-9,12H2,1H3,(H,24,29)(H,30,31). The van der Waals surface area contributed by atoms with Gasteiger partial charge in [-0.3, -0.25) is 9.20 Å². The Morgan fingerprint density at radius 2 is 2.12 bits per heavy atom. The first-order valence-electron chi connectivity index (χ1n) is 10.3. The van der Waals surface area contributed by atoms with Crippen LogP contribution in [0.4, 0.5) is 10.5 Å². The van der Waals surface area contributed by atoms with Gasteiger partial charge in [0.25, 0.3) is 11.8 Å². The molecule has 1 saturated heterocycles. The Hall–Kier alpha value is -4.25. The number of carbonyl (C=O) groups excluding carboxylic acids is 1. The van der Waals surface area contributed by atoms with Crippen molar-refractivity contribution in [2.24, 2.45) is 0 Å². The second kappa shape index (κ2) is 8.36. The highest BCUT2D eigenvalue weighted by Gasteiger charge is 2.29.